The average Bonchev–Trinajstić information content (AvgIpc) is 3.61. The van der Waals surface area contributed by atoms with Gasteiger partial charge >= 0.3 is 18.2 Å². The number of aromatic amines is 1. The average molecular weight is 644 g/mol. The lowest BCUT2D eigenvalue weighted by Crippen LogP contribution is -2.57. The first-order valence-electron chi connectivity index (χ1n) is 15.5. The number of rotatable bonds is 7. The summed E-state index contributed by atoms with van der Waals surface area (Å²) in [5.41, 5.74) is 1.75. The number of ether oxygens (including phenoxy) is 3. The van der Waals surface area contributed by atoms with Crippen LogP contribution in [0.1, 0.15) is 64.1 Å². The molecule has 2 N–H and O–H groups in total. The number of nitrogens with one attached hydrogen (secondary N) is 2. The van der Waals surface area contributed by atoms with Crippen LogP contribution in [-0.2, 0) is 49.8 Å². The van der Waals surface area contributed by atoms with Crippen LogP contribution in [0.2, 0.25) is 0 Å². The van der Waals surface area contributed by atoms with Gasteiger partial charge in [0.05, 0.1) is 17.9 Å². The van der Waals surface area contributed by atoms with Crippen molar-refractivity contribution in [1.29, 1.82) is 0 Å². The van der Waals surface area contributed by atoms with E-state index in [0.29, 0.717) is 11.4 Å². The quantitative estimate of drug-likeness (QED) is 0.204. The molecule has 0 saturated heterocycles. The summed E-state index contributed by atoms with van der Waals surface area (Å²) in [7, 11) is 0. The van der Waals surface area contributed by atoms with E-state index in [-0.39, 0.29) is 26.0 Å². The van der Waals surface area contributed by atoms with E-state index in [2.05, 4.69) is 15.3 Å². The first-order chi connectivity index (χ1) is 22.2. The van der Waals surface area contributed by atoms with Crippen molar-refractivity contribution >= 4 is 35.0 Å². The van der Waals surface area contributed by atoms with Crippen LogP contribution < -0.4 is 5.32 Å². The van der Waals surface area contributed by atoms with Crippen LogP contribution in [0.25, 0.3) is 10.9 Å². The summed E-state index contributed by atoms with van der Waals surface area (Å²) >= 11 is 0. The molecule has 2 aromatic carbocycles. The predicted molar refractivity (Wildman–Crippen MR) is 173 cm³/mol. The Morgan fingerprint density at radius 3 is 2.30 bits per heavy atom. The second-order valence-electron chi connectivity index (χ2n) is 13.5. The molecule has 0 unspecified atom stereocenters. The Morgan fingerprint density at radius 2 is 1.60 bits per heavy atom. The molecule has 1 aliphatic rings. The van der Waals surface area contributed by atoms with E-state index >= 15 is 0 Å². The van der Waals surface area contributed by atoms with Crippen molar-refractivity contribution in [1.82, 2.24) is 24.8 Å². The number of hydrogen-bond acceptors (Lipinski definition) is 8. The molecule has 2 aromatic heterocycles. The third-order valence-corrected chi connectivity index (χ3v) is 7.48. The minimum Gasteiger partial charge on any atom is -0.459 e. The first-order valence-corrected chi connectivity index (χ1v) is 15.5. The molecule has 2 atom stereocenters. The van der Waals surface area contributed by atoms with Crippen LogP contribution in [0.4, 0.5) is 9.59 Å². The summed E-state index contributed by atoms with van der Waals surface area (Å²) in [5.74, 6) is -1.21. The number of carbonyl (C=O) groups excluding carboxylic acids is 4. The molecule has 12 nitrogen and oxygen atoms in total. The largest absolute Gasteiger partial charge is 0.459 e. The van der Waals surface area contributed by atoms with Crippen molar-refractivity contribution < 1.29 is 33.4 Å². The van der Waals surface area contributed by atoms with E-state index in [1.807, 2.05) is 54.6 Å². The van der Waals surface area contributed by atoms with E-state index in [0.717, 1.165) is 22.0 Å². The van der Waals surface area contributed by atoms with Gasteiger partial charge in [-0.3, -0.25) is 9.69 Å². The van der Waals surface area contributed by atoms with E-state index in [1.54, 1.807) is 47.7 Å². The Kier molecular flexibility index (Phi) is 9.41. The van der Waals surface area contributed by atoms with Gasteiger partial charge in [-0.15, -0.1) is 0 Å². The molecule has 5 rings (SSSR count). The number of nitrogens with zero attached hydrogens (tertiary/aromatic N) is 3. The van der Waals surface area contributed by atoms with Crippen molar-refractivity contribution in [2.45, 2.75) is 90.8 Å². The number of hydrogen-bond donors (Lipinski definition) is 2. The van der Waals surface area contributed by atoms with Crippen molar-refractivity contribution in [3.63, 3.8) is 0 Å². The third kappa shape index (κ3) is 8.18. The maximum Gasteiger partial charge on any atom is 0.420 e. The highest BCUT2D eigenvalue weighted by Gasteiger charge is 2.41. The van der Waals surface area contributed by atoms with E-state index in [9.17, 15) is 19.2 Å². The predicted octanol–water partition coefficient (Wildman–Crippen LogP) is 5.28. The number of fused-ring (bicyclic) bond motifs is 2. The van der Waals surface area contributed by atoms with Crippen molar-refractivity contribution in [2.24, 2.45) is 0 Å². The van der Waals surface area contributed by atoms with Crippen LogP contribution in [0.15, 0.2) is 67.1 Å². The summed E-state index contributed by atoms with van der Waals surface area (Å²) in [6.45, 7) is 10.3. The van der Waals surface area contributed by atoms with Gasteiger partial charge in [0.25, 0.3) is 0 Å². The maximum atomic E-state index is 14.1. The van der Waals surface area contributed by atoms with Gasteiger partial charge in [-0.05, 0) is 58.7 Å². The Morgan fingerprint density at radius 1 is 0.936 bits per heavy atom. The fourth-order valence-corrected chi connectivity index (χ4v) is 5.34. The molecule has 0 saturated carbocycles. The molecule has 0 spiro atoms. The molecule has 1 aliphatic heterocycles. The SMILES string of the molecule is CC(C)(C)OC(=O)N1Cc2c(ncn2C(=O)OC(C)(C)C)C[C@H]1C(=O)N[C@@H](Cc1c[nH]c2ccccc12)C(=O)OCc1ccccc1. The van der Waals surface area contributed by atoms with Gasteiger partial charge in [0.15, 0.2) is 0 Å². The summed E-state index contributed by atoms with van der Waals surface area (Å²) in [5, 5.41) is 3.77. The van der Waals surface area contributed by atoms with Gasteiger partial charge in [-0.1, -0.05) is 48.5 Å². The molecule has 4 aromatic rings. The standard InChI is InChI=1S/C35H41N5O7/c1-34(2,3)46-32(43)39-19-29-26(37-21-40(29)33(44)47-35(4,5)6)17-28(39)30(41)38-27(31(42)45-20-22-12-8-7-9-13-22)16-23-18-36-25-15-11-10-14-24(23)25/h7-15,18,21,27-28,36H,16-17,19-20H2,1-6H3,(H,38,41)/t27-,28-/m0/s1. The molecule has 0 bridgehead atoms. The van der Waals surface area contributed by atoms with Crippen molar-refractivity contribution in [3.05, 3.63) is 89.6 Å². The monoisotopic (exact) mass is 643 g/mol. The Bertz CT molecular complexity index is 1760. The summed E-state index contributed by atoms with van der Waals surface area (Å²) < 4.78 is 18.1. The molecule has 3 heterocycles. The second kappa shape index (κ2) is 13.3. The number of carbonyl (C=O) groups is 4. The van der Waals surface area contributed by atoms with Crippen LogP contribution in [0.3, 0.4) is 0 Å². The molecule has 2 amide bonds. The molecule has 0 radical (unpaired) electrons. The molecule has 47 heavy (non-hydrogen) atoms. The van der Waals surface area contributed by atoms with Gasteiger partial charge < -0.3 is 24.5 Å². The van der Waals surface area contributed by atoms with Crippen LogP contribution >= 0.6 is 0 Å². The van der Waals surface area contributed by atoms with Crippen LogP contribution in [0, 0.1) is 0 Å². The minimum atomic E-state index is -1.09. The number of imidazole rings is 1. The molecular weight excluding hydrogens is 602 g/mol. The van der Waals surface area contributed by atoms with Crippen LogP contribution in [0.5, 0.6) is 0 Å². The Balaban J connectivity index is 1.43. The Labute approximate surface area is 273 Å². The topological polar surface area (TPSA) is 145 Å². The van der Waals surface area contributed by atoms with Gasteiger partial charge in [0, 0.05) is 29.9 Å². The summed E-state index contributed by atoms with van der Waals surface area (Å²) in [6.07, 6.45) is 1.85. The first kappa shape index (κ1) is 33.2. The normalized spacial score (nSPS) is 15.4. The van der Waals surface area contributed by atoms with Crippen LogP contribution in [-0.4, -0.2) is 66.8 Å². The fraction of sp³-hybridized carbons (Fsp3) is 0.400. The van der Waals surface area contributed by atoms with Crippen molar-refractivity contribution in [3.8, 4) is 0 Å². The van der Waals surface area contributed by atoms with Gasteiger partial charge in [0.1, 0.15) is 36.2 Å². The smallest absolute Gasteiger partial charge is 0.420 e. The zero-order valence-electron chi connectivity index (χ0n) is 27.5. The number of H-pyrrole nitrogens is 1. The number of benzene rings is 2. The van der Waals surface area contributed by atoms with E-state index in [1.165, 1.54) is 15.8 Å². The van der Waals surface area contributed by atoms with Gasteiger partial charge in [-0.25, -0.2) is 23.9 Å². The molecule has 12 heteroatoms. The zero-order chi connectivity index (χ0) is 33.9. The van der Waals surface area contributed by atoms with Crippen molar-refractivity contribution in [2.75, 3.05) is 0 Å². The number of para-hydroxylation sites is 1. The number of aromatic nitrogens is 3. The summed E-state index contributed by atoms with van der Waals surface area (Å²) in [6, 6.07) is 14.7. The fourth-order valence-electron chi connectivity index (χ4n) is 5.34. The highest BCUT2D eigenvalue weighted by molar-refractivity contribution is 5.91. The third-order valence-electron chi connectivity index (χ3n) is 7.48. The molecular formula is C35H41N5O7. The lowest BCUT2D eigenvalue weighted by Gasteiger charge is -2.36. The van der Waals surface area contributed by atoms with Gasteiger partial charge in [0.2, 0.25) is 5.91 Å². The number of amides is 2. The van der Waals surface area contributed by atoms with E-state index < -0.39 is 47.3 Å². The lowest BCUT2D eigenvalue weighted by atomic mass is 10.0. The number of esters is 1. The maximum absolute atomic E-state index is 14.1. The zero-order valence-corrected chi connectivity index (χ0v) is 27.5. The highest BCUT2D eigenvalue weighted by atomic mass is 16.6. The lowest BCUT2D eigenvalue weighted by molar-refractivity contribution is -0.149. The van der Waals surface area contributed by atoms with Gasteiger partial charge in [-0.2, -0.15) is 0 Å². The highest BCUT2D eigenvalue weighted by Crippen LogP contribution is 2.27. The minimum absolute atomic E-state index is 0.0188. The second-order valence-corrected chi connectivity index (χ2v) is 13.5. The molecule has 0 aliphatic carbocycles. The van der Waals surface area contributed by atoms with E-state index in [4.69, 9.17) is 14.2 Å². The Hall–Kier alpha value is -5.13. The molecule has 248 valence electrons. The summed E-state index contributed by atoms with van der Waals surface area (Å²) in [4.78, 5) is 63.0. The molecule has 0 fully saturated rings.